The van der Waals surface area contributed by atoms with Crippen LogP contribution in [0.2, 0.25) is 39.3 Å². The van der Waals surface area contributed by atoms with Crippen molar-refractivity contribution in [1.29, 1.82) is 0 Å². The Morgan fingerprint density at radius 2 is 1.12 bits per heavy atom. The molecular formula is C45H56Cl2Si2Zr-2. The molecule has 0 atom stereocenters. The van der Waals surface area contributed by atoms with Crippen LogP contribution in [0.5, 0.6) is 0 Å². The summed E-state index contributed by atoms with van der Waals surface area (Å²) in [5, 5.41) is 3.07. The number of rotatable bonds is 4. The van der Waals surface area contributed by atoms with E-state index in [1.54, 1.807) is 0 Å². The first-order valence-corrected chi connectivity index (χ1v) is 25.6. The van der Waals surface area contributed by atoms with Gasteiger partial charge in [0.05, 0.1) is 0 Å². The zero-order chi connectivity index (χ0) is 35.5. The standard InChI is InChI=1S/C21H25.C19H26Si2.C5H5.2ClH.Zr/c1-20(2,3)15-11-10-14-12-18-16(17(14)13-15)8-7-9-19(18)21(4,5)6;1-20(2,3)18-11-7-16(8-12-18)15-17-9-13-19(14-10-17)21(4,5)6;1-2-4-5-3-1;;;/h7-9,11,13H,12H2,1-6H3;7-14H,1-6H3;1-5H;2*1H;/q-1;;-1;;;+2/p-2. The second kappa shape index (κ2) is 17.7. The number of hydrogen-bond donors (Lipinski definition) is 0. The van der Waals surface area contributed by atoms with Crippen molar-refractivity contribution in [1.82, 2.24) is 0 Å². The Balaban J connectivity index is 0.000000293. The first-order chi connectivity index (χ1) is 22.3. The maximum atomic E-state index is 3.55. The Morgan fingerprint density at radius 1 is 0.640 bits per heavy atom. The molecular weight excluding hydrogens is 759 g/mol. The summed E-state index contributed by atoms with van der Waals surface area (Å²) in [5.41, 5.74) is 11.6. The molecule has 0 radical (unpaired) electrons. The van der Waals surface area contributed by atoms with Crippen LogP contribution in [-0.2, 0) is 41.5 Å². The van der Waals surface area contributed by atoms with E-state index in [-0.39, 0.29) is 35.6 Å². The summed E-state index contributed by atoms with van der Waals surface area (Å²) >= 11 is 1.48. The Morgan fingerprint density at radius 3 is 1.50 bits per heavy atom. The second-order valence-electron chi connectivity index (χ2n) is 17.3. The largest absolute Gasteiger partial charge is 1.00 e. The van der Waals surface area contributed by atoms with Gasteiger partial charge in [0.2, 0.25) is 0 Å². The summed E-state index contributed by atoms with van der Waals surface area (Å²) in [7, 11) is -2.39. The van der Waals surface area contributed by atoms with Crippen LogP contribution in [0.15, 0.2) is 109 Å². The molecule has 0 saturated heterocycles. The van der Waals surface area contributed by atoms with Crippen molar-refractivity contribution in [2.45, 2.75) is 98.1 Å². The minimum absolute atomic E-state index is 0. The van der Waals surface area contributed by atoms with Crippen LogP contribution in [0, 0.1) is 6.07 Å². The van der Waals surface area contributed by atoms with E-state index in [0.717, 1.165) is 6.42 Å². The molecule has 0 nitrogen and oxygen atoms in total. The predicted octanol–water partition coefficient (Wildman–Crippen LogP) is 4.96. The SMILES string of the molecule is CC(C)(C)c1c[c-]c2c(c1)-c1cccc(C(C)(C)C)c1C2.C[Si](C)(C)c1ccc([C](=[Zr+2])c2ccc([Si](C)(C)C)cc2)cc1.[Cl-].[Cl-].c1cc[cH-]c1. The van der Waals surface area contributed by atoms with Crippen LogP contribution in [0.4, 0.5) is 0 Å². The van der Waals surface area contributed by atoms with Crippen molar-refractivity contribution in [3.63, 3.8) is 0 Å². The van der Waals surface area contributed by atoms with Crippen molar-refractivity contribution in [2.75, 3.05) is 0 Å². The van der Waals surface area contributed by atoms with E-state index < -0.39 is 16.1 Å². The fourth-order valence-electron chi connectivity index (χ4n) is 6.02. The van der Waals surface area contributed by atoms with Crippen LogP contribution in [-0.4, -0.2) is 19.4 Å². The minimum Gasteiger partial charge on any atom is -1.00 e. The van der Waals surface area contributed by atoms with Gasteiger partial charge in [-0.2, -0.15) is 47.5 Å². The van der Waals surface area contributed by atoms with Crippen LogP contribution < -0.4 is 35.2 Å². The molecule has 0 N–H and O–H groups in total. The summed E-state index contributed by atoms with van der Waals surface area (Å²) in [6.45, 7) is 28.1. The molecule has 0 amide bonds. The van der Waals surface area contributed by atoms with Gasteiger partial charge in [-0.1, -0.05) is 70.7 Å². The van der Waals surface area contributed by atoms with Gasteiger partial charge in [0, 0.05) is 0 Å². The zero-order valence-corrected chi connectivity index (χ0v) is 38.3. The summed E-state index contributed by atoms with van der Waals surface area (Å²) in [5.74, 6) is 0. The number of benzene rings is 4. The van der Waals surface area contributed by atoms with Gasteiger partial charge in [-0.3, -0.25) is 0 Å². The monoisotopic (exact) mass is 812 g/mol. The van der Waals surface area contributed by atoms with Gasteiger partial charge in [0.1, 0.15) is 0 Å². The maximum Gasteiger partial charge on any atom is -0.172 e. The van der Waals surface area contributed by atoms with Crippen molar-refractivity contribution in [3.8, 4) is 11.1 Å². The predicted molar refractivity (Wildman–Crippen MR) is 215 cm³/mol. The van der Waals surface area contributed by atoms with E-state index >= 15 is 0 Å². The average Bonchev–Trinajstić information content (AvgIpc) is 3.71. The molecule has 0 fully saturated rings. The molecule has 0 aliphatic heterocycles. The Hall–Kier alpha value is -2.00. The Bertz CT molecular complexity index is 1730. The van der Waals surface area contributed by atoms with Gasteiger partial charge in [0.15, 0.2) is 0 Å². The number of halogens is 2. The molecule has 6 rings (SSSR count). The van der Waals surface area contributed by atoms with Crippen LogP contribution in [0.1, 0.15) is 74.9 Å². The molecule has 5 aromatic carbocycles. The molecule has 1 aliphatic carbocycles. The second-order valence-corrected chi connectivity index (χ2v) is 28.7. The average molecular weight is 815 g/mol. The smallest absolute Gasteiger partial charge is 0.172 e. The summed E-state index contributed by atoms with van der Waals surface area (Å²) < 4.78 is 1.46. The molecule has 0 heterocycles. The minimum atomic E-state index is -1.20. The van der Waals surface area contributed by atoms with Gasteiger partial charge in [0.25, 0.3) is 0 Å². The van der Waals surface area contributed by atoms with Crippen molar-refractivity contribution in [3.05, 3.63) is 149 Å². The van der Waals surface area contributed by atoms with Gasteiger partial charge in [-0.25, -0.2) is 12.1 Å². The van der Waals surface area contributed by atoms with Crippen LogP contribution >= 0.6 is 0 Å². The van der Waals surface area contributed by atoms with E-state index in [1.807, 2.05) is 30.3 Å². The van der Waals surface area contributed by atoms with Gasteiger partial charge < -0.3 is 24.8 Å². The van der Waals surface area contributed by atoms with Crippen LogP contribution in [0.25, 0.3) is 11.1 Å². The third-order valence-corrected chi connectivity index (χ3v) is 14.7. The third kappa shape index (κ3) is 11.5. The molecule has 1 aliphatic rings. The molecule has 0 aromatic heterocycles. The first-order valence-electron chi connectivity index (χ1n) is 17.4. The molecule has 50 heavy (non-hydrogen) atoms. The van der Waals surface area contributed by atoms with Crippen LogP contribution in [0.3, 0.4) is 0 Å². The van der Waals surface area contributed by atoms with E-state index in [1.165, 1.54) is 82.3 Å². The first kappa shape index (κ1) is 44.2. The van der Waals surface area contributed by atoms with E-state index in [4.69, 9.17) is 0 Å². The van der Waals surface area contributed by atoms with Crippen molar-refractivity contribution in [2.24, 2.45) is 0 Å². The maximum absolute atomic E-state index is 3.55. The molecule has 0 bridgehead atoms. The number of fused-ring (bicyclic) bond motifs is 3. The topological polar surface area (TPSA) is 0 Å². The third-order valence-electron chi connectivity index (χ3n) is 9.16. The molecule has 0 spiro atoms. The number of hydrogen-bond acceptors (Lipinski definition) is 0. The van der Waals surface area contributed by atoms with Crippen molar-refractivity contribution < 1.29 is 49.0 Å². The normalized spacial score (nSPS) is 12.1. The molecule has 5 aromatic rings. The molecule has 5 heteroatoms. The summed E-state index contributed by atoms with van der Waals surface area (Å²) in [6, 6.07) is 43.5. The van der Waals surface area contributed by atoms with E-state index in [9.17, 15) is 0 Å². The molecule has 264 valence electrons. The van der Waals surface area contributed by atoms with Gasteiger partial charge in [-0.05, 0) is 23.0 Å². The van der Waals surface area contributed by atoms with E-state index in [2.05, 4.69) is 166 Å². The van der Waals surface area contributed by atoms with E-state index in [0.29, 0.717) is 0 Å². The summed E-state index contributed by atoms with van der Waals surface area (Å²) in [6.07, 6.45) is 1.03. The van der Waals surface area contributed by atoms with Gasteiger partial charge >= 0.3 is 153 Å². The zero-order valence-electron chi connectivity index (χ0n) is 32.4. The van der Waals surface area contributed by atoms with Crippen molar-refractivity contribution >= 4 is 29.7 Å². The van der Waals surface area contributed by atoms with Gasteiger partial charge in [-0.15, -0.1) is 5.56 Å². The molecule has 0 unspecified atom stereocenters. The summed E-state index contributed by atoms with van der Waals surface area (Å²) in [4.78, 5) is 0. The molecule has 0 saturated carbocycles. The quantitative estimate of drug-likeness (QED) is 0.175. The fraction of sp³-hybridized carbons (Fsp3) is 0.333. The Labute approximate surface area is 334 Å². The Kier molecular flexibility index (Phi) is 15.6. The fourth-order valence-corrected chi connectivity index (χ4v) is 9.17.